The summed E-state index contributed by atoms with van der Waals surface area (Å²) in [6.45, 7) is 4.23. The Balaban J connectivity index is 1.66. The molecule has 1 N–H and O–H groups in total. The monoisotopic (exact) mass is 357 g/mol. The molecule has 3 rings (SSSR count). The van der Waals surface area contributed by atoms with E-state index in [1.54, 1.807) is 0 Å². The highest BCUT2D eigenvalue weighted by Crippen LogP contribution is 2.18. The molecule has 0 spiro atoms. The fraction of sp³-hybridized carbons (Fsp3) is 0.211. The Kier molecular flexibility index (Phi) is 5.06. The van der Waals surface area contributed by atoms with E-state index >= 15 is 0 Å². The number of hydrogen-bond acceptors (Lipinski definition) is 4. The van der Waals surface area contributed by atoms with Gasteiger partial charge in [0.2, 0.25) is 5.89 Å². The number of hydrogen-bond donors (Lipinski definition) is 1. The first-order valence-corrected chi connectivity index (χ1v) is 8.10. The van der Waals surface area contributed by atoms with Crippen molar-refractivity contribution in [3.05, 3.63) is 76.7 Å². The van der Waals surface area contributed by atoms with E-state index in [1.807, 2.05) is 24.3 Å². The molecule has 0 fully saturated rings. The molecule has 134 valence electrons. The van der Waals surface area contributed by atoms with E-state index in [2.05, 4.69) is 29.4 Å². The molecule has 0 aliphatic carbocycles. The van der Waals surface area contributed by atoms with E-state index < -0.39 is 17.5 Å². The third-order valence-corrected chi connectivity index (χ3v) is 3.86. The molecule has 1 amide bonds. The summed E-state index contributed by atoms with van der Waals surface area (Å²) >= 11 is 0. The van der Waals surface area contributed by atoms with Crippen LogP contribution in [0.25, 0.3) is 0 Å². The number of rotatable bonds is 5. The van der Waals surface area contributed by atoms with E-state index in [4.69, 9.17) is 4.42 Å². The quantitative estimate of drug-likeness (QED) is 0.739. The molecule has 0 aliphatic heterocycles. The summed E-state index contributed by atoms with van der Waals surface area (Å²) < 4.78 is 31.9. The van der Waals surface area contributed by atoms with Gasteiger partial charge in [0, 0.05) is 6.07 Å². The molecule has 0 unspecified atom stereocenters. The minimum absolute atomic E-state index is 0.146. The lowest BCUT2D eigenvalue weighted by Gasteiger charge is -2.05. The lowest BCUT2D eigenvalue weighted by molar-refractivity contribution is 0.102. The summed E-state index contributed by atoms with van der Waals surface area (Å²) in [4.78, 5) is 12.0. The molecule has 0 saturated heterocycles. The Morgan fingerprint density at radius 2 is 1.85 bits per heavy atom. The predicted octanol–water partition coefficient (Wildman–Crippen LogP) is 4.31. The van der Waals surface area contributed by atoms with Crippen LogP contribution in [0.15, 0.2) is 46.9 Å². The minimum atomic E-state index is -0.965. The summed E-state index contributed by atoms with van der Waals surface area (Å²) in [6.07, 6.45) is 0.409. The van der Waals surface area contributed by atoms with Crippen molar-refractivity contribution < 1.29 is 18.0 Å². The molecule has 5 nitrogen and oxygen atoms in total. The average molecular weight is 357 g/mol. The van der Waals surface area contributed by atoms with Gasteiger partial charge in [-0.25, -0.2) is 8.78 Å². The molecule has 0 aliphatic rings. The van der Waals surface area contributed by atoms with Gasteiger partial charge in [0.05, 0.1) is 12.0 Å². The zero-order valence-electron chi connectivity index (χ0n) is 14.3. The van der Waals surface area contributed by atoms with Crippen molar-refractivity contribution in [1.82, 2.24) is 10.2 Å². The smallest absolute Gasteiger partial charge is 0.322 e. The van der Waals surface area contributed by atoms with Crippen molar-refractivity contribution in [2.24, 2.45) is 0 Å². The van der Waals surface area contributed by atoms with Gasteiger partial charge in [0.1, 0.15) is 11.6 Å². The summed E-state index contributed by atoms with van der Waals surface area (Å²) in [5, 5.41) is 9.90. The van der Waals surface area contributed by atoms with Crippen molar-refractivity contribution >= 4 is 11.9 Å². The molecule has 0 saturated carbocycles. The molecular weight excluding hydrogens is 340 g/mol. The van der Waals surface area contributed by atoms with Crippen LogP contribution in [-0.4, -0.2) is 16.1 Å². The Labute approximate surface area is 149 Å². The molecule has 0 atom stereocenters. The topological polar surface area (TPSA) is 68.0 Å². The van der Waals surface area contributed by atoms with Crippen molar-refractivity contribution in [2.45, 2.75) is 26.2 Å². The highest BCUT2D eigenvalue weighted by Gasteiger charge is 2.16. The SMILES string of the molecule is CC(C)c1ccc(Cc2nnc(NC(=O)c3ccc(F)cc3F)o2)cc1. The third kappa shape index (κ3) is 4.11. The highest BCUT2D eigenvalue weighted by molar-refractivity contribution is 6.03. The van der Waals surface area contributed by atoms with Gasteiger partial charge in [-0.3, -0.25) is 10.1 Å². The minimum Gasteiger partial charge on any atom is -0.407 e. The number of anilines is 1. The molecule has 3 aromatic rings. The van der Waals surface area contributed by atoms with E-state index in [-0.39, 0.29) is 11.6 Å². The van der Waals surface area contributed by atoms with Crippen LogP contribution in [0.1, 0.15) is 47.1 Å². The zero-order chi connectivity index (χ0) is 18.7. The molecule has 1 aromatic heterocycles. The Hall–Kier alpha value is -3.09. The van der Waals surface area contributed by atoms with Gasteiger partial charge in [-0.15, -0.1) is 5.10 Å². The summed E-state index contributed by atoms with van der Waals surface area (Å²) in [5.41, 5.74) is 1.91. The van der Waals surface area contributed by atoms with Gasteiger partial charge in [-0.1, -0.05) is 43.2 Å². The Morgan fingerprint density at radius 1 is 1.12 bits per heavy atom. The van der Waals surface area contributed by atoms with Crippen molar-refractivity contribution in [2.75, 3.05) is 5.32 Å². The van der Waals surface area contributed by atoms with Crippen LogP contribution < -0.4 is 5.32 Å². The maximum atomic E-state index is 13.6. The lowest BCUT2D eigenvalue weighted by atomic mass is 10.0. The first kappa shape index (κ1) is 17.7. The third-order valence-electron chi connectivity index (χ3n) is 3.86. The van der Waals surface area contributed by atoms with Crippen molar-refractivity contribution in [1.29, 1.82) is 0 Å². The molecule has 1 heterocycles. The van der Waals surface area contributed by atoms with Crippen LogP contribution >= 0.6 is 0 Å². The van der Waals surface area contributed by atoms with Crippen LogP contribution in [0.5, 0.6) is 0 Å². The number of benzene rings is 2. The van der Waals surface area contributed by atoms with Crippen LogP contribution in [0.2, 0.25) is 0 Å². The van der Waals surface area contributed by atoms with Crippen LogP contribution in [0.4, 0.5) is 14.8 Å². The predicted molar refractivity (Wildman–Crippen MR) is 91.9 cm³/mol. The number of carbonyl (C=O) groups excluding carboxylic acids is 1. The molecule has 26 heavy (non-hydrogen) atoms. The molecular formula is C19H17F2N3O2. The standard InChI is InChI=1S/C19H17F2N3O2/c1-11(2)13-5-3-12(4-6-13)9-17-23-24-19(26-17)22-18(25)15-8-7-14(20)10-16(15)21/h3-8,10-11H,9H2,1-2H3,(H,22,24,25). The molecule has 0 bridgehead atoms. The second kappa shape index (κ2) is 7.43. The van der Waals surface area contributed by atoms with Gasteiger partial charge in [0.15, 0.2) is 0 Å². The summed E-state index contributed by atoms with van der Waals surface area (Å²) in [5.74, 6) is -1.76. The number of amides is 1. The van der Waals surface area contributed by atoms with Crippen LogP contribution in [0, 0.1) is 11.6 Å². The van der Waals surface area contributed by atoms with E-state index in [0.717, 1.165) is 17.7 Å². The number of halogens is 2. The van der Waals surface area contributed by atoms with Crippen molar-refractivity contribution in [3.8, 4) is 0 Å². The van der Waals surface area contributed by atoms with E-state index in [1.165, 1.54) is 5.56 Å². The Morgan fingerprint density at radius 3 is 2.50 bits per heavy atom. The summed E-state index contributed by atoms with van der Waals surface area (Å²) in [6, 6.07) is 10.6. The maximum absolute atomic E-state index is 13.6. The molecule has 7 heteroatoms. The van der Waals surface area contributed by atoms with Gasteiger partial charge in [-0.2, -0.15) is 0 Å². The Bertz CT molecular complexity index is 921. The molecule has 2 aromatic carbocycles. The highest BCUT2D eigenvalue weighted by atomic mass is 19.1. The van der Waals surface area contributed by atoms with Gasteiger partial charge >= 0.3 is 6.01 Å². The first-order valence-electron chi connectivity index (χ1n) is 8.10. The maximum Gasteiger partial charge on any atom is 0.322 e. The van der Waals surface area contributed by atoms with Gasteiger partial charge in [0.25, 0.3) is 5.91 Å². The normalized spacial score (nSPS) is 11.0. The van der Waals surface area contributed by atoms with E-state index in [0.29, 0.717) is 24.3 Å². The molecule has 0 radical (unpaired) electrons. The fourth-order valence-electron chi connectivity index (χ4n) is 2.41. The second-order valence-electron chi connectivity index (χ2n) is 6.15. The number of aromatic nitrogens is 2. The lowest BCUT2D eigenvalue weighted by Crippen LogP contribution is -2.14. The largest absolute Gasteiger partial charge is 0.407 e. The number of nitrogens with zero attached hydrogens (tertiary/aromatic N) is 2. The number of nitrogens with one attached hydrogen (secondary N) is 1. The number of carbonyl (C=O) groups is 1. The van der Waals surface area contributed by atoms with E-state index in [9.17, 15) is 13.6 Å². The van der Waals surface area contributed by atoms with Crippen LogP contribution in [0.3, 0.4) is 0 Å². The van der Waals surface area contributed by atoms with Gasteiger partial charge in [-0.05, 0) is 29.2 Å². The van der Waals surface area contributed by atoms with Crippen LogP contribution in [-0.2, 0) is 6.42 Å². The van der Waals surface area contributed by atoms with Gasteiger partial charge < -0.3 is 4.42 Å². The zero-order valence-corrected chi connectivity index (χ0v) is 14.3. The second-order valence-corrected chi connectivity index (χ2v) is 6.15. The summed E-state index contributed by atoms with van der Waals surface area (Å²) in [7, 11) is 0. The first-order chi connectivity index (χ1) is 12.4. The average Bonchev–Trinajstić information content (AvgIpc) is 3.02. The fourth-order valence-corrected chi connectivity index (χ4v) is 2.41. The van der Waals surface area contributed by atoms with Crippen molar-refractivity contribution in [3.63, 3.8) is 0 Å².